The highest BCUT2D eigenvalue weighted by molar-refractivity contribution is 6.03. The van der Waals surface area contributed by atoms with Crippen LogP contribution in [-0.4, -0.2) is 11.0 Å². The standard InChI is InChI=1S/C14H15NO2/c1-9(2)14(17)15-13-8-11(16)7-10-5-3-4-6-12(10)13/h3-9,16H,1-2H3,(H,15,17). The molecule has 3 nitrogen and oxygen atoms in total. The van der Waals surface area contributed by atoms with E-state index in [1.165, 1.54) is 0 Å². The number of benzene rings is 2. The van der Waals surface area contributed by atoms with Gasteiger partial charge in [0.25, 0.3) is 0 Å². The van der Waals surface area contributed by atoms with Crippen LogP contribution in [-0.2, 0) is 4.79 Å². The smallest absolute Gasteiger partial charge is 0.226 e. The average molecular weight is 229 g/mol. The molecule has 0 aromatic heterocycles. The molecular formula is C14H15NO2. The molecular weight excluding hydrogens is 214 g/mol. The minimum absolute atomic E-state index is 0.0549. The van der Waals surface area contributed by atoms with Crippen LogP contribution in [0.5, 0.6) is 5.75 Å². The Bertz CT molecular complexity index is 561. The van der Waals surface area contributed by atoms with Gasteiger partial charge in [0.1, 0.15) is 5.75 Å². The van der Waals surface area contributed by atoms with E-state index in [2.05, 4.69) is 5.32 Å². The van der Waals surface area contributed by atoms with Crippen LogP contribution in [0.15, 0.2) is 36.4 Å². The number of amides is 1. The van der Waals surface area contributed by atoms with Crippen molar-refractivity contribution >= 4 is 22.4 Å². The molecule has 3 heteroatoms. The third-order valence-corrected chi connectivity index (χ3v) is 2.63. The zero-order valence-corrected chi connectivity index (χ0v) is 9.90. The Balaban J connectivity index is 2.49. The van der Waals surface area contributed by atoms with Gasteiger partial charge in [-0.25, -0.2) is 0 Å². The average Bonchev–Trinajstić information content (AvgIpc) is 2.28. The van der Waals surface area contributed by atoms with Crippen molar-refractivity contribution in [1.29, 1.82) is 0 Å². The lowest BCUT2D eigenvalue weighted by Gasteiger charge is -2.11. The number of phenolic OH excluding ortho intramolecular Hbond substituents is 1. The van der Waals surface area contributed by atoms with Crippen LogP contribution < -0.4 is 5.32 Å². The molecule has 0 aliphatic heterocycles. The van der Waals surface area contributed by atoms with Crippen molar-refractivity contribution < 1.29 is 9.90 Å². The number of phenols is 1. The quantitative estimate of drug-likeness (QED) is 0.831. The van der Waals surface area contributed by atoms with Crippen LogP contribution in [0.2, 0.25) is 0 Å². The van der Waals surface area contributed by atoms with Crippen LogP contribution in [0, 0.1) is 5.92 Å². The second-order valence-electron chi connectivity index (χ2n) is 4.36. The van der Waals surface area contributed by atoms with E-state index in [9.17, 15) is 9.90 Å². The highest BCUT2D eigenvalue weighted by Crippen LogP contribution is 2.28. The Morgan fingerprint density at radius 2 is 1.94 bits per heavy atom. The molecule has 0 heterocycles. The maximum atomic E-state index is 11.7. The topological polar surface area (TPSA) is 49.3 Å². The molecule has 0 saturated carbocycles. The predicted octanol–water partition coefficient (Wildman–Crippen LogP) is 3.14. The fraction of sp³-hybridized carbons (Fsp3) is 0.214. The van der Waals surface area contributed by atoms with Gasteiger partial charge < -0.3 is 10.4 Å². The Hall–Kier alpha value is -2.03. The molecule has 2 N–H and O–H groups in total. The molecule has 0 bridgehead atoms. The van der Waals surface area contributed by atoms with Crippen molar-refractivity contribution in [2.24, 2.45) is 5.92 Å². The first kappa shape index (κ1) is 11.5. The van der Waals surface area contributed by atoms with Gasteiger partial charge >= 0.3 is 0 Å². The molecule has 0 fully saturated rings. The number of fused-ring (bicyclic) bond motifs is 1. The van der Waals surface area contributed by atoms with Gasteiger partial charge in [-0.15, -0.1) is 0 Å². The molecule has 0 radical (unpaired) electrons. The maximum absolute atomic E-state index is 11.7. The Labute approximate surface area is 100 Å². The summed E-state index contributed by atoms with van der Waals surface area (Å²) in [6.07, 6.45) is 0. The van der Waals surface area contributed by atoms with Gasteiger partial charge in [-0.05, 0) is 11.5 Å². The fourth-order valence-electron chi connectivity index (χ4n) is 1.68. The van der Waals surface area contributed by atoms with Gasteiger partial charge in [0.15, 0.2) is 0 Å². The minimum atomic E-state index is -0.0869. The lowest BCUT2D eigenvalue weighted by molar-refractivity contribution is -0.118. The number of hydrogen-bond donors (Lipinski definition) is 2. The summed E-state index contributed by atoms with van der Waals surface area (Å²) < 4.78 is 0. The molecule has 88 valence electrons. The highest BCUT2D eigenvalue weighted by Gasteiger charge is 2.10. The number of rotatable bonds is 2. The zero-order chi connectivity index (χ0) is 12.4. The van der Waals surface area contributed by atoms with Crippen LogP contribution in [0.4, 0.5) is 5.69 Å². The first-order chi connectivity index (χ1) is 8.08. The minimum Gasteiger partial charge on any atom is -0.508 e. The first-order valence-electron chi connectivity index (χ1n) is 5.60. The summed E-state index contributed by atoms with van der Waals surface area (Å²) in [5.41, 5.74) is 0.652. The third-order valence-electron chi connectivity index (χ3n) is 2.63. The Morgan fingerprint density at radius 1 is 1.24 bits per heavy atom. The van der Waals surface area contributed by atoms with E-state index in [0.717, 1.165) is 10.8 Å². The van der Waals surface area contributed by atoms with E-state index in [1.807, 2.05) is 38.1 Å². The molecule has 0 aliphatic rings. The molecule has 2 aromatic rings. The van der Waals surface area contributed by atoms with E-state index in [1.54, 1.807) is 12.1 Å². The molecule has 17 heavy (non-hydrogen) atoms. The molecule has 0 atom stereocenters. The second kappa shape index (κ2) is 4.45. The van der Waals surface area contributed by atoms with Crippen molar-refractivity contribution in [2.45, 2.75) is 13.8 Å². The molecule has 0 unspecified atom stereocenters. The lowest BCUT2D eigenvalue weighted by Crippen LogP contribution is -2.17. The van der Waals surface area contributed by atoms with E-state index >= 15 is 0 Å². The number of carbonyl (C=O) groups is 1. The maximum Gasteiger partial charge on any atom is 0.226 e. The van der Waals surface area contributed by atoms with Crippen molar-refractivity contribution in [3.8, 4) is 5.75 Å². The number of carbonyl (C=O) groups excluding carboxylic acids is 1. The van der Waals surface area contributed by atoms with Crippen molar-refractivity contribution in [2.75, 3.05) is 5.32 Å². The summed E-state index contributed by atoms with van der Waals surface area (Å²) >= 11 is 0. The molecule has 0 spiro atoms. The van der Waals surface area contributed by atoms with Crippen molar-refractivity contribution in [3.63, 3.8) is 0 Å². The molecule has 0 aliphatic carbocycles. The summed E-state index contributed by atoms with van der Waals surface area (Å²) in [6.45, 7) is 3.67. The van der Waals surface area contributed by atoms with Crippen LogP contribution in [0.25, 0.3) is 10.8 Å². The van der Waals surface area contributed by atoms with Crippen LogP contribution in [0.1, 0.15) is 13.8 Å². The van der Waals surface area contributed by atoms with Crippen molar-refractivity contribution in [3.05, 3.63) is 36.4 Å². The lowest BCUT2D eigenvalue weighted by atomic mass is 10.1. The summed E-state index contributed by atoms with van der Waals surface area (Å²) in [4.78, 5) is 11.7. The summed E-state index contributed by atoms with van der Waals surface area (Å²) in [7, 11) is 0. The fourth-order valence-corrected chi connectivity index (χ4v) is 1.68. The SMILES string of the molecule is CC(C)C(=O)Nc1cc(O)cc2ccccc12. The second-order valence-corrected chi connectivity index (χ2v) is 4.36. The van der Waals surface area contributed by atoms with Gasteiger partial charge in [-0.2, -0.15) is 0 Å². The Kier molecular flexibility index (Phi) is 3.00. The van der Waals surface area contributed by atoms with Gasteiger partial charge in [0, 0.05) is 17.4 Å². The normalized spacial score (nSPS) is 10.8. The molecule has 2 aromatic carbocycles. The summed E-state index contributed by atoms with van der Waals surface area (Å²) in [5.74, 6) is 0.0135. The van der Waals surface area contributed by atoms with E-state index in [4.69, 9.17) is 0 Å². The summed E-state index contributed by atoms with van der Waals surface area (Å²) in [5, 5.41) is 14.3. The number of anilines is 1. The largest absolute Gasteiger partial charge is 0.508 e. The van der Waals surface area contributed by atoms with E-state index in [0.29, 0.717) is 5.69 Å². The molecule has 2 rings (SSSR count). The highest BCUT2D eigenvalue weighted by atomic mass is 16.3. The number of aromatic hydroxyl groups is 1. The molecule has 1 amide bonds. The van der Waals surface area contributed by atoms with Gasteiger partial charge in [0.2, 0.25) is 5.91 Å². The predicted molar refractivity (Wildman–Crippen MR) is 69.1 cm³/mol. The van der Waals surface area contributed by atoms with E-state index in [-0.39, 0.29) is 17.6 Å². The number of nitrogens with one attached hydrogen (secondary N) is 1. The van der Waals surface area contributed by atoms with Crippen LogP contribution >= 0.6 is 0 Å². The van der Waals surface area contributed by atoms with Gasteiger partial charge in [-0.1, -0.05) is 38.1 Å². The number of hydrogen-bond acceptors (Lipinski definition) is 2. The molecule has 0 saturated heterocycles. The van der Waals surface area contributed by atoms with Crippen LogP contribution in [0.3, 0.4) is 0 Å². The van der Waals surface area contributed by atoms with Gasteiger partial charge in [-0.3, -0.25) is 4.79 Å². The zero-order valence-electron chi connectivity index (χ0n) is 9.90. The van der Waals surface area contributed by atoms with E-state index < -0.39 is 0 Å². The van der Waals surface area contributed by atoms with Gasteiger partial charge in [0.05, 0.1) is 5.69 Å². The monoisotopic (exact) mass is 229 g/mol. The first-order valence-corrected chi connectivity index (χ1v) is 5.60. The Morgan fingerprint density at radius 3 is 2.65 bits per heavy atom. The summed E-state index contributed by atoms with van der Waals surface area (Å²) in [6, 6.07) is 10.9. The third kappa shape index (κ3) is 2.38. The van der Waals surface area contributed by atoms with Crippen molar-refractivity contribution in [1.82, 2.24) is 0 Å².